The van der Waals surface area contributed by atoms with Gasteiger partial charge < -0.3 is 30.2 Å². The molecule has 4 N–H and O–H groups in total. The normalized spacial score (nSPS) is 17.2. The average molecular weight is 506 g/mol. The molecule has 0 radical (unpaired) electrons. The van der Waals surface area contributed by atoms with Crippen LogP contribution in [-0.2, 0) is 14.3 Å². The number of esters is 1. The number of benzene rings is 1. The number of alkyl halides is 1. The van der Waals surface area contributed by atoms with Crippen molar-refractivity contribution < 1.29 is 33.0 Å². The summed E-state index contributed by atoms with van der Waals surface area (Å²) in [7, 11) is 0. The van der Waals surface area contributed by atoms with Crippen molar-refractivity contribution in [3.05, 3.63) is 30.0 Å². The zero-order valence-electron chi connectivity index (χ0n) is 20.7. The van der Waals surface area contributed by atoms with Crippen molar-refractivity contribution in [1.82, 2.24) is 4.90 Å². The number of fused-ring (bicyclic) bond motifs is 1. The van der Waals surface area contributed by atoms with Crippen molar-refractivity contribution in [2.24, 2.45) is 11.7 Å². The molecule has 1 aliphatic heterocycles. The van der Waals surface area contributed by atoms with Crippen molar-refractivity contribution in [2.75, 3.05) is 31.7 Å². The Bertz CT molecular complexity index is 1040. The van der Waals surface area contributed by atoms with Gasteiger partial charge in [-0.25, -0.2) is 9.18 Å². The van der Waals surface area contributed by atoms with E-state index in [0.29, 0.717) is 61.7 Å². The van der Waals surface area contributed by atoms with Crippen LogP contribution in [0.1, 0.15) is 62.4 Å². The lowest BCUT2D eigenvalue weighted by Crippen LogP contribution is -2.45. The summed E-state index contributed by atoms with van der Waals surface area (Å²) in [4.78, 5) is 40.0. The van der Waals surface area contributed by atoms with E-state index in [4.69, 9.17) is 20.0 Å². The number of ether oxygens (including phenoxy) is 1. The predicted octanol–water partition coefficient (Wildman–Crippen LogP) is 3.39. The maximum absolute atomic E-state index is 13.2. The average Bonchev–Trinajstić information content (AvgIpc) is 3.53. The van der Waals surface area contributed by atoms with E-state index in [1.165, 1.54) is 0 Å². The van der Waals surface area contributed by atoms with Crippen LogP contribution in [-0.4, -0.2) is 66.3 Å². The topological polar surface area (TPSA) is 135 Å². The van der Waals surface area contributed by atoms with E-state index in [1.807, 2.05) is 6.92 Å². The van der Waals surface area contributed by atoms with E-state index >= 15 is 0 Å². The number of halogens is 1. The zero-order valence-corrected chi connectivity index (χ0v) is 20.7. The number of carbonyl (C=O) groups is 3. The van der Waals surface area contributed by atoms with Gasteiger partial charge in [0.1, 0.15) is 18.3 Å². The van der Waals surface area contributed by atoms with Gasteiger partial charge in [0, 0.05) is 42.6 Å². The van der Waals surface area contributed by atoms with Crippen LogP contribution in [0.15, 0.2) is 28.7 Å². The summed E-state index contributed by atoms with van der Waals surface area (Å²) in [6, 6.07) is 5.51. The highest BCUT2D eigenvalue weighted by molar-refractivity contribution is 6.00. The second-order valence-corrected chi connectivity index (χ2v) is 9.21. The number of nitrogens with zero attached hydrogens (tertiary/aromatic N) is 1. The number of carbonyl (C=O) groups excluding carboxylic acids is 3. The molecular formula is C26H36FN3O6. The minimum absolute atomic E-state index is 0.0389. The Kier molecular flexibility index (Phi) is 10.2. The van der Waals surface area contributed by atoms with Crippen LogP contribution in [0.3, 0.4) is 0 Å². The van der Waals surface area contributed by atoms with Gasteiger partial charge in [0.05, 0.1) is 6.61 Å². The maximum Gasteiger partial charge on any atom is 0.374 e. The summed E-state index contributed by atoms with van der Waals surface area (Å²) >= 11 is 0. The first-order chi connectivity index (χ1) is 17.4. The van der Waals surface area contributed by atoms with Gasteiger partial charge in [0.2, 0.25) is 17.6 Å². The summed E-state index contributed by atoms with van der Waals surface area (Å²) in [5.41, 5.74) is 6.65. The number of likely N-dealkylation sites (tertiary alicyclic amines) is 1. The van der Waals surface area contributed by atoms with E-state index in [1.54, 1.807) is 29.2 Å². The van der Waals surface area contributed by atoms with E-state index in [0.717, 1.165) is 6.42 Å². The predicted molar refractivity (Wildman–Crippen MR) is 133 cm³/mol. The molecule has 0 unspecified atom stereocenters. The molecule has 1 aromatic carbocycles. The van der Waals surface area contributed by atoms with Gasteiger partial charge in [-0.1, -0.05) is 13.3 Å². The molecule has 3 rings (SSSR count). The lowest BCUT2D eigenvalue weighted by molar-refractivity contribution is -0.140. The fraction of sp³-hybridized carbons (Fsp3) is 0.577. The van der Waals surface area contributed by atoms with Gasteiger partial charge in [0.25, 0.3) is 0 Å². The van der Waals surface area contributed by atoms with Crippen LogP contribution >= 0.6 is 0 Å². The summed E-state index contributed by atoms with van der Waals surface area (Å²) < 4.78 is 23.2. The number of furan rings is 1. The Hall–Kier alpha value is -2.98. The molecule has 2 aromatic rings. The number of rotatable bonds is 13. The quantitative estimate of drug-likeness (QED) is 0.280. The maximum atomic E-state index is 13.2. The van der Waals surface area contributed by atoms with Crippen LogP contribution < -0.4 is 11.1 Å². The Labute approximate surface area is 210 Å². The van der Waals surface area contributed by atoms with Crippen molar-refractivity contribution >= 4 is 34.4 Å². The molecule has 10 heteroatoms. The highest BCUT2D eigenvalue weighted by Gasteiger charge is 2.36. The molecule has 1 aliphatic rings. The monoisotopic (exact) mass is 505 g/mol. The molecule has 2 amide bonds. The molecule has 3 atom stereocenters. The first-order valence-electron chi connectivity index (χ1n) is 12.6. The van der Waals surface area contributed by atoms with Crippen molar-refractivity contribution in [3.63, 3.8) is 0 Å². The van der Waals surface area contributed by atoms with Crippen LogP contribution in [0.4, 0.5) is 10.1 Å². The smallest absolute Gasteiger partial charge is 0.374 e. The molecule has 1 fully saturated rings. The van der Waals surface area contributed by atoms with Crippen LogP contribution in [0.25, 0.3) is 11.0 Å². The Morgan fingerprint density at radius 2 is 2.08 bits per heavy atom. The number of nitrogens with two attached hydrogens (primary N) is 1. The van der Waals surface area contributed by atoms with Gasteiger partial charge in [-0.3, -0.25) is 9.59 Å². The standard InChI is InChI=1S/C26H36FN3O6/c1-2-17(6-3-7-19(28)16-27)25(33)30-11-4-8-21(30)24(32)29-20-9-10-22-18(14-20)15-23(36-22)26(34)35-13-5-12-31/h9-10,14-15,17,19,21,31H,2-8,11-13,16,28H2,1H3,(H,29,32)/t17-,19+,21+/m1/s1. The van der Waals surface area contributed by atoms with Crippen molar-refractivity contribution in [2.45, 2.75) is 64.0 Å². The van der Waals surface area contributed by atoms with E-state index < -0.39 is 24.7 Å². The molecule has 1 aromatic heterocycles. The summed E-state index contributed by atoms with van der Waals surface area (Å²) in [5.74, 6) is -1.11. The number of anilines is 1. The molecule has 0 spiro atoms. The van der Waals surface area contributed by atoms with Crippen LogP contribution in [0, 0.1) is 5.92 Å². The molecule has 36 heavy (non-hydrogen) atoms. The highest BCUT2D eigenvalue weighted by Crippen LogP contribution is 2.27. The van der Waals surface area contributed by atoms with E-state index in [-0.39, 0.29) is 36.7 Å². The van der Waals surface area contributed by atoms with E-state index in [2.05, 4.69) is 5.32 Å². The molecular weight excluding hydrogens is 469 g/mol. The number of aliphatic hydroxyl groups is 1. The lowest BCUT2D eigenvalue weighted by atomic mass is 9.96. The van der Waals surface area contributed by atoms with E-state index in [9.17, 15) is 18.8 Å². The number of hydrogen-bond acceptors (Lipinski definition) is 7. The van der Waals surface area contributed by atoms with Crippen LogP contribution in [0.5, 0.6) is 0 Å². The molecule has 2 heterocycles. The summed E-state index contributed by atoms with van der Waals surface area (Å²) in [5, 5.41) is 12.3. The number of hydrogen-bond donors (Lipinski definition) is 3. The minimum Gasteiger partial charge on any atom is -0.460 e. The van der Waals surface area contributed by atoms with Gasteiger partial charge in [-0.2, -0.15) is 0 Å². The largest absolute Gasteiger partial charge is 0.460 e. The Morgan fingerprint density at radius 3 is 2.81 bits per heavy atom. The third kappa shape index (κ3) is 7.04. The third-order valence-corrected chi connectivity index (χ3v) is 6.53. The second kappa shape index (κ2) is 13.4. The molecule has 198 valence electrons. The summed E-state index contributed by atoms with van der Waals surface area (Å²) in [6.45, 7) is 1.92. The fourth-order valence-electron chi connectivity index (χ4n) is 4.49. The van der Waals surface area contributed by atoms with Gasteiger partial charge >= 0.3 is 5.97 Å². The first-order valence-corrected chi connectivity index (χ1v) is 12.6. The second-order valence-electron chi connectivity index (χ2n) is 9.21. The minimum atomic E-state index is -0.623. The van der Waals surface area contributed by atoms with Gasteiger partial charge in [0.15, 0.2) is 0 Å². The molecule has 0 bridgehead atoms. The number of aliphatic hydroxyl groups excluding tert-OH is 1. The third-order valence-electron chi connectivity index (χ3n) is 6.53. The fourth-order valence-corrected chi connectivity index (χ4v) is 4.49. The molecule has 0 aliphatic carbocycles. The number of nitrogens with one attached hydrogen (secondary N) is 1. The SMILES string of the molecule is CC[C@H](CCC[C@H](N)CF)C(=O)N1CCC[C@H]1C(=O)Nc1ccc2oc(C(=O)OCCCO)cc2c1. The van der Waals surface area contributed by atoms with Crippen LogP contribution in [0.2, 0.25) is 0 Å². The molecule has 9 nitrogen and oxygen atoms in total. The zero-order chi connectivity index (χ0) is 26.1. The van der Waals surface area contributed by atoms with Crippen molar-refractivity contribution in [3.8, 4) is 0 Å². The van der Waals surface area contributed by atoms with Gasteiger partial charge in [-0.15, -0.1) is 0 Å². The summed E-state index contributed by atoms with van der Waals surface area (Å²) in [6.07, 6.45) is 4.14. The lowest BCUT2D eigenvalue weighted by Gasteiger charge is -2.28. The van der Waals surface area contributed by atoms with Crippen molar-refractivity contribution in [1.29, 1.82) is 0 Å². The highest BCUT2D eigenvalue weighted by atomic mass is 19.1. The van der Waals surface area contributed by atoms with Gasteiger partial charge in [-0.05, 0) is 56.4 Å². The molecule has 1 saturated heterocycles. The molecule has 0 saturated carbocycles. The Balaban J connectivity index is 1.62. The Morgan fingerprint density at radius 1 is 1.28 bits per heavy atom. The first kappa shape index (κ1) is 27.6. The number of amides is 2.